The maximum atomic E-state index is 11.7. The van der Waals surface area contributed by atoms with Gasteiger partial charge in [0.1, 0.15) is 18.5 Å². The number of carbonyl (C=O) groups is 1. The van der Waals surface area contributed by atoms with Gasteiger partial charge >= 0.3 is 0 Å². The van der Waals surface area contributed by atoms with E-state index in [9.17, 15) is 4.79 Å². The quantitative estimate of drug-likeness (QED) is 0.737. The zero-order valence-electron chi connectivity index (χ0n) is 8.16. The van der Waals surface area contributed by atoms with Crippen molar-refractivity contribution in [2.24, 2.45) is 0 Å². The molecule has 0 radical (unpaired) electrons. The second-order valence-electron chi connectivity index (χ2n) is 2.89. The summed E-state index contributed by atoms with van der Waals surface area (Å²) in [6.07, 6.45) is 4.05. The predicted octanol–water partition coefficient (Wildman–Crippen LogP) is 0.101. The van der Waals surface area contributed by atoms with Crippen LogP contribution in [0.1, 0.15) is 10.4 Å². The number of hydrogen-bond donors (Lipinski definition) is 2. The van der Waals surface area contributed by atoms with Crippen LogP contribution < -0.4 is 11.1 Å². The van der Waals surface area contributed by atoms with Gasteiger partial charge in [0.2, 0.25) is 5.95 Å². The Morgan fingerprint density at radius 2 is 2.00 bits per heavy atom. The third-order valence-electron chi connectivity index (χ3n) is 1.76. The smallest absolute Gasteiger partial charge is 0.258 e. The van der Waals surface area contributed by atoms with Gasteiger partial charge < -0.3 is 5.73 Å². The minimum atomic E-state index is -0.347. The first-order valence-corrected chi connectivity index (χ1v) is 4.40. The highest BCUT2D eigenvalue weighted by molar-refractivity contribution is 6.03. The van der Waals surface area contributed by atoms with Crippen molar-refractivity contribution in [2.45, 2.75) is 0 Å². The van der Waals surface area contributed by atoms with Gasteiger partial charge in [-0.2, -0.15) is 0 Å². The fourth-order valence-electron chi connectivity index (χ4n) is 1.07. The molecular formula is C9H8N6O. The fourth-order valence-corrected chi connectivity index (χ4v) is 1.07. The predicted molar refractivity (Wildman–Crippen MR) is 56.4 cm³/mol. The Kier molecular flexibility index (Phi) is 2.68. The first-order valence-electron chi connectivity index (χ1n) is 4.40. The number of nitrogens with one attached hydrogen (secondary N) is 1. The van der Waals surface area contributed by atoms with E-state index in [0.717, 1.165) is 0 Å². The summed E-state index contributed by atoms with van der Waals surface area (Å²) in [7, 11) is 0. The van der Waals surface area contributed by atoms with Crippen molar-refractivity contribution < 1.29 is 4.79 Å². The number of nitrogens with two attached hydrogens (primary N) is 1. The van der Waals surface area contributed by atoms with Crippen LogP contribution in [-0.2, 0) is 0 Å². The van der Waals surface area contributed by atoms with Crippen molar-refractivity contribution in [3.63, 3.8) is 0 Å². The molecule has 7 heteroatoms. The average Bonchev–Trinajstić information content (AvgIpc) is 2.30. The molecule has 2 aromatic rings. The van der Waals surface area contributed by atoms with E-state index in [2.05, 4.69) is 25.3 Å². The van der Waals surface area contributed by atoms with E-state index in [-0.39, 0.29) is 17.7 Å². The molecule has 16 heavy (non-hydrogen) atoms. The van der Waals surface area contributed by atoms with Gasteiger partial charge in [0, 0.05) is 11.8 Å². The molecule has 0 fully saturated rings. The largest absolute Gasteiger partial charge is 0.384 e. The topological polar surface area (TPSA) is 107 Å². The summed E-state index contributed by atoms with van der Waals surface area (Å²) in [4.78, 5) is 26.6. The lowest BCUT2D eigenvalue weighted by molar-refractivity contribution is 0.102. The van der Waals surface area contributed by atoms with Gasteiger partial charge in [0.05, 0.1) is 0 Å². The molecule has 0 aliphatic rings. The van der Waals surface area contributed by atoms with Gasteiger partial charge in [0.25, 0.3) is 5.91 Å². The molecule has 80 valence electrons. The normalized spacial score (nSPS) is 9.75. The summed E-state index contributed by atoms with van der Waals surface area (Å²) in [6, 6.07) is 3.02. The first-order chi connectivity index (χ1) is 7.75. The number of pyridine rings is 1. The molecule has 0 saturated carbocycles. The molecule has 0 bridgehead atoms. The zero-order valence-corrected chi connectivity index (χ0v) is 8.16. The number of hydrogen-bond acceptors (Lipinski definition) is 6. The van der Waals surface area contributed by atoms with E-state index in [1.54, 1.807) is 6.07 Å². The average molecular weight is 216 g/mol. The maximum absolute atomic E-state index is 11.7. The molecular weight excluding hydrogens is 208 g/mol. The van der Waals surface area contributed by atoms with Crippen molar-refractivity contribution in [1.82, 2.24) is 19.9 Å². The zero-order chi connectivity index (χ0) is 11.4. The first kappa shape index (κ1) is 9.97. The van der Waals surface area contributed by atoms with Crippen molar-refractivity contribution in [3.05, 3.63) is 36.5 Å². The van der Waals surface area contributed by atoms with Gasteiger partial charge in [-0.3, -0.25) is 10.1 Å². The minimum Gasteiger partial charge on any atom is -0.384 e. The summed E-state index contributed by atoms with van der Waals surface area (Å²) >= 11 is 0. The fraction of sp³-hybridized carbons (Fsp3) is 0. The van der Waals surface area contributed by atoms with E-state index in [1.165, 1.54) is 24.9 Å². The van der Waals surface area contributed by atoms with Crippen LogP contribution in [0.4, 0.5) is 11.8 Å². The van der Waals surface area contributed by atoms with Gasteiger partial charge in [-0.1, -0.05) is 0 Å². The van der Waals surface area contributed by atoms with E-state index in [4.69, 9.17) is 5.73 Å². The lowest BCUT2D eigenvalue weighted by atomic mass is 10.2. The highest BCUT2D eigenvalue weighted by Crippen LogP contribution is 2.05. The number of carbonyl (C=O) groups excluding carboxylic acids is 1. The van der Waals surface area contributed by atoms with Gasteiger partial charge in [0.15, 0.2) is 0 Å². The molecule has 0 unspecified atom stereocenters. The van der Waals surface area contributed by atoms with Crippen molar-refractivity contribution >= 4 is 17.7 Å². The van der Waals surface area contributed by atoms with Crippen LogP contribution in [0, 0.1) is 0 Å². The molecule has 2 heterocycles. The second kappa shape index (κ2) is 4.30. The van der Waals surface area contributed by atoms with E-state index in [1.807, 2.05) is 0 Å². The van der Waals surface area contributed by atoms with Crippen LogP contribution >= 0.6 is 0 Å². The van der Waals surface area contributed by atoms with Crippen LogP contribution in [0.25, 0.3) is 0 Å². The second-order valence-corrected chi connectivity index (χ2v) is 2.89. The number of nitrogen functional groups attached to an aromatic ring is 1. The SMILES string of the molecule is Nc1cc(C(=O)Nc2ncncn2)ccn1. The minimum absolute atomic E-state index is 0.190. The maximum Gasteiger partial charge on any atom is 0.258 e. The summed E-state index contributed by atoms with van der Waals surface area (Å²) in [5.74, 6) is 0.124. The molecule has 0 aromatic carbocycles. The third-order valence-corrected chi connectivity index (χ3v) is 1.76. The Bertz CT molecular complexity index is 500. The number of anilines is 2. The molecule has 0 saturated heterocycles. The lowest BCUT2D eigenvalue weighted by Gasteiger charge is -2.02. The molecule has 7 nitrogen and oxygen atoms in total. The molecule has 0 aliphatic heterocycles. The van der Waals surface area contributed by atoms with Gasteiger partial charge in [-0.05, 0) is 12.1 Å². The van der Waals surface area contributed by atoms with Crippen molar-refractivity contribution in [2.75, 3.05) is 11.1 Å². The van der Waals surface area contributed by atoms with E-state index in [0.29, 0.717) is 5.56 Å². The molecule has 2 aromatic heterocycles. The number of rotatable bonds is 2. The van der Waals surface area contributed by atoms with Crippen LogP contribution in [0.15, 0.2) is 31.0 Å². The standard InChI is InChI=1S/C9H8N6O/c10-7-3-6(1-2-12-7)8(16)15-9-13-4-11-5-14-9/h1-5H,(H2,10,12)(H,11,13,14,15,16). The van der Waals surface area contributed by atoms with Crippen LogP contribution in [-0.4, -0.2) is 25.8 Å². The molecule has 0 aliphatic carbocycles. The Labute approximate surface area is 90.8 Å². The van der Waals surface area contributed by atoms with Crippen molar-refractivity contribution in [3.8, 4) is 0 Å². The molecule has 2 rings (SSSR count). The Balaban J connectivity index is 2.15. The van der Waals surface area contributed by atoms with E-state index < -0.39 is 0 Å². The number of amides is 1. The number of nitrogens with zero attached hydrogens (tertiary/aromatic N) is 4. The number of aromatic nitrogens is 4. The van der Waals surface area contributed by atoms with Crippen LogP contribution in [0.3, 0.4) is 0 Å². The summed E-state index contributed by atoms with van der Waals surface area (Å²) < 4.78 is 0. The monoisotopic (exact) mass is 216 g/mol. The van der Waals surface area contributed by atoms with Gasteiger partial charge in [-0.15, -0.1) is 0 Å². The lowest BCUT2D eigenvalue weighted by Crippen LogP contribution is -2.14. The Morgan fingerprint density at radius 3 is 2.69 bits per heavy atom. The summed E-state index contributed by atoms with van der Waals surface area (Å²) in [5.41, 5.74) is 5.85. The van der Waals surface area contributed by atoms with E-state index >= 15 is 0 Å². The molecule has 0 spiro atoms. The highest BCUT2D eigenvalue weighted by Gasteiger charge is 2.07. The molecule has 0 atom stereocenters. The molecule has 1 amide bonds. The van der Waals surface area contributed by atoms with Crippen LogP contribution in [0.2, 0.25) is 0 Å². The Hall–Kier alpha value is -2.57. The van der Waals surface area contributed by atoms with Crippen LogP contribution in [0.5, 0.6) is 0 Å². The highest BCUT2D eigenvalue weighted by atomic mass is 16.1. The summed E-state index contributed by atoms with van der Waals surface area (Å²) in [5, 5.41) is 2.50. The van der Waals surface area contributed by atoms with Gasteiger partial charge in [-0.25, -0.2) is 19.9 Å². The van der Waals surface area contributed by atoms with Crippen molar-refractivity contribution in [1.29, 1.82) is 0 Å². The summed E-state index contributed by atoms with van der Waals surface area (Å²) in [6.45, 7) is 0. The molecule has 3 N–H and O–H groups in total. The Morgan fingerprint density at radius 1 is 1.25 bits per heavy atom. The third kappa shape index (κ3) is 2.27.